The molecule has 0 saturated carbocycles. The molecule has 0 bridgehead atoms. The number of benzene rings is 1. The van der Waals surface area contributed by atoms with Crippen molar-refractivity contribution < 1.29 is 4.65 Å². The lowest BCUT2D eigenvalue weighted by Gasteiger charge is -2.32. The van der Waals surface area contributed by atoms with Crippen molar-refractivity contribution in [3.63, 3.8) is 0 Å². The van der Waals surface area contributed by atoms with Crippen LogP contribution in [0.2, 0.25) is 12.6 Å². The average Bonchev–Trinajstić information content (AvgIpc) is 2.34. The van der Waals surface area contributed by atoms with E-state index in [0.717, 1.165) is 18.4 Å². The highest BCUT2D eigenvalue weighted by Gasteiger charge is 2.28. The van der Waals surface area contributed by atoms with Crippen LogP contribution < -0.4 is 4.65 Å². The number of hydrogen-bond acceptors (Lipinski definition) is 1. The Labute approximate surface area is 132 Å². The minimum Gasteiger partial charge on any atom is -0.560 e. The Bertz CT molecular complexity index is 438. The smallest absolute Gasteiger partial charge is 0.357 e. The van der Waals surface area contributed by atoms with Gasteiger partial charge in [0.1, 0.15) is 5.75 Å². The highest BCUT2D eigenvalue weighted by molar-refractivity contribution is 6.52. The molecule has 1 aromatic carbocycles. The van der Waals surface area contributed by atoms with E-state index in [-0.39, 0.29) is 10.8 Å². The van der Waals surface area contributed by atoms with Crippen molar-refractivity contribution in [2.45, 2.75) is 85.8 Å². The molecule has 0 saturated heterocycles. The topological polar surface area (TPSA) is 9.23 Å². The molecule has 0 atom stereocenters. The van der Waals surface area contributed by atoms with Gasteiger partial charge in [-0.2, -0.15) is 0 Å². The third-order valence-electron chi connectivity index (χ3n) is 4.04. The Morgan fingerprint density at radius 2 is 1.24 bits per heavy atom. The van der Waals surface area contributed by atoms with Crippen LogP contribution in [-0.2, 0) is 10.8 Å². The summed E-state index contributed by atoms with van der Waals surface area (Å²) in [5.74, 6) is 1.12. The normalized spacial score (nSPS) is 12.4. The van der Waals surface area contributed by atoms with Crippen molar-refractivity contribution in [2.75, 3.05) is 0 Å². The summed E-state index contributed by atoms with van der Waals surface area (Å²) in [6, 6.07) is 4.60. The molecule has 0 aliphatic carbocycles. The van der Waals surface area contributed by atoms with E-state index in [1.807, 2.05) is 0 Å². The first-order chi connectivity index (χ1) is 9.50. The highest BCUT2D eigenvalue weighted by atomic mass is 16.4. The third kappa shape index (κ3) is 4.53. The molecule has 0 fully saturated rings. The monoisotopic (exact) mass is 288 g/mol. The third-order valence-corrected chi connectivity index (χ3v) is 4.04. The van der Waals surface area contributed by atoms with Crippen LogP contribution in [0, 0.1) is 6.92 Å². The molecule has 21 heavy (non-hydrogen) atoms. The standard InChI is InChI=1S/C19H33BO/c1-10-20(11-2)21-17-15(18(4,5)6)12-14(3)13-16(17)19(7,8)9/h12-13H,10-11H2,1-9H3. The van der Waals surface area contributed by atoms with E-state index in [1.54, 1.807) is 0 Å². The number of rotatable bonds is 4. The van der Waals surface area contributed by atoms with Gasteiger partial charge in [-0.15, -0.1) is 0 Å². The van der Waals surface area contributed by atoms with Crippen molar-refractivity contribution in [3.8, 4) is 5.75 Å². The van der Waals surface area contributed by atoms with Gasteiger partial charge in [0.25, 0.3) is 0 Å². The highest BCUT2D eigenvalue weighted by Crippen LogP contribution is 2.41. The van der Waals surface area contributed by atoms with Crippen LogP contribution >= 0.6 is 0 Å². The molecule has 118 valence electrons. The van der Waals surface area contributed by atoms with Crippen LogP contribution in [0.5, 0.6) is 5.75 Å². The maximum atomic E-state index is 6.48. The van der Waals surface area contributed by atoms with Crippen molar-refractivity contribution >= 4 is 6.92 Å². The van der Waals surface area contributed by atoms with Gasteiger partial charge < -0.3 is 4.65 Å². The molecule has 1 nitrogen and oxygen atoms in total. The molecule has 0 radical (unpaired) electrons. The summed E-state index contributed by atoms with van der Waals surface area (Å²) in [6.07, 6.45) is 2.11. The summed E-state index contributed by atoms with van der Waals surface area (Å²) in [6.45, 7) is 20.5. The van der Waals surface area contributed by atoms with Crippen LogP contribution in [0.4, 0.5) is 0 Å². The van der Waals surface area contributed by atoms with Crippen molar-refractivity contribution in [2.24, 2.45) is 0 Å². The summed E-state index contributed by atoms with van der Waals surface area (Å²) < 4.78 is 6.48. The SMILES string of the molecule is CCB(CC)Oc1c(C(C)(C)C)cc(C)cc1C(C)(C)C. The van der Waals surface area contributed by atoms with Crippen molar-refractivity contribution in [1.82, 2.24) is 0 Å². The second-order valence-electron chi connectivity index (χ2n) is 8.25. The van der Waals surface area contributed by atoms with Gasteiger partial charge in [-0.1, -0.05) is 73.1 Å². The first-order valence-corrected chi connectivity index (χ1v) is 8.33. The fourth-order valence-electron chi connectivity index (χ4n) is 2.64. The Balaban J connectivity index is 3.53. The predicted octanol–water partition coefficient (Wildman–Crippen LogP) is 6.00. The summed E-state index contributed by atoms with van der Waals surface area (Å²) in [7, 11) is 0. The second-order valence-corrected chi connectivity index (χ2v) is 8.25. The molecule has 0 amide bonds. The van der Waals surface area contributed by atoms with E-state index < -0.39 is 0 Å². The van der Waals surface area contributed by atoms with Crippen molar-refractivity contribution in [3.05, 3.63) is 28.8 Å². The molecule has 0 aromatic heterocycles. The molecule has 0 unspecified atom stereocenters. The molecule has 1 aromatic rings. The van der Waals surface area contributed by atoms with Crippen molar-refractivity contribution in [1.29, 1.82) is 0 Å². The van der Waals surface area contributed by atoms with Gasteiger partial charge in [0, 0.05) is 0 Å². The Hall–Kier alpha value is -0.915. The lowest BCUT2D eigenvalue weighted by Crippen LogP contribution is -2.26. The van der Waals surface area contributed by atoms with Crippen LogP contribution in [0.3, 0.4) is 0 Å². The molecule has 0 N–H and O–H groups in total. The summed E-state index contributed by atoms with van der Waals surface area (Å²) in [5.41, 5.74) is 4.17. The van der Waals surface area contributed by atoms with Gasteiger partial charge >= 0.3 is 6.92 Å². The minimum absolute atomic E-state index is 0.0907. The largest absolute Gasteiger partial charge is 0.560 e. The van der Waals surface area contributed by atoms with Gasteiger partial charge in [0.15, 0.2) is 0 Å². The minimum atomic E-state index is 0.0907. The maximum Gasteiger partial charge on any atom is 0.357 e. The van der Waals surface area contributed by atoms with Crippen LogP contribution in [0.25, 0.3) is 0 Å². The average molecular weight is 288 g/mol. The second kappa shape index (κ2) is 6.46. The molecule has 0 aliphatic rings. The zero-order chi connectivity index (χ0) is 16.4. The van der Waals surface area contributed by atoms with Gasteiger partial charge in [0.2, 0.25) is 0 Å². The Kier molecular flexibility index (Phi) is 5.58. The lowest BCUT2D eigenvalue weighted by atomic mass is 9.62. The van der Waals surface area contributed by atoms with E-state index in [0.29, 0.717) is 6.92 Å². The molecule has 0 aliphatic heterocycles. The summed E-state index contributed by atoms with van der Waals surface area (Å²) in [5, 5.41) is 0. The zero-order valence-electron chi connectivity index (χ0n) is 15.6. The Morgan fingerprint density at radius 1 is 0.857 bits per heavy atom. The van der Waals surface area contributed by atoms with E-state index in [9.17, 15) is 0 Å². The molecular formula is C19H33BO. The molecule has 2 heteroatoms. The predicted molar refractivity (Wildman–Crippen MR) is 95.9 cm³/mol. The first-order valence-electron chi connectivity index (χ1n) is 8.33. The molecule has 0 spiro atoms. The Morgan fingerprint density at radius 3 is 1.52 bits per heavy atom. The maximum absolute atomic E-state index is 6.48. The van der Waals surface area contributed by atoms with Gasteiger partial charge in [-0.25, -0.2) is 0 Å². The quantitative estimate of drug-likeness (QED) is 0.617. The summed E-state index contributed by atoms with van der Waals surface area (Å²) in [4.78, 5) is 0. The van der Waals surface area contributed by atoms with Crippen LogP contribution in [0.1, 0.15) is 72.1 Å². The fraction of sp³-hybridized carbons (Fsp3) is 0.684. The van der Waals surface area contributed by atoms with Crippen LogP contribution in [-0.4, -0.2) is 6.92 Å². The summed E-state index contributed by atoms with van der Waals surface area (Å²) >= 11 is 0. The van der Waals surface area contributed by atoms with E-state index in [4.69, 9.17) is 4.65 Å². The first kappa shape index (κ1) is 18.1. The molecular weight excluding hydrogens is 255 g/mol. The van der Waals surface area contributed by atoms with Gasteiger partial charge in [-0.3, -0.25) is 0 Å². The lowest BCUT2D eigenvalue weighted by molar-refractivity contribution is 0.481. The van der Waals surface area contributed by atoms with Gasteiger partial charge in [0.05, 0.1) is 0 Å². The number of hydrogen-bond donors (Lipinski definition) is 0. The number of aryl methyl sites for hydroxylation is 1. The molecule has 1 rings (SSSR count). The van der Waals surface area contributed by atoms with E-state index in [1.165, 1.54) is 16.7 Å². The van der Waals surface area contributed by atoms with E-state index >= 15 is 0 Å². The van der Waals surface area contributed by atoms with Gasteiger partial charge in [-0.05, 0) is 41.5 Å². The molecule has 0 heterocycles. The fourth-order valence-corrected chi connectivity index (χ4v) is 2.64. The van der Waals surface area contributed by atoms with E-state index in [2.05, 4.69) is 74.4 Å². The zero-order valence-corrected chi connectivity index (χ0v) is 15.6. The van der Waals surface area contributed by atoms with Crippen LogP contribution in [0.15, 0.2) is 12.1 Å².